The van der Waals surface area contributed by atoms with Gasteiger partial charge in [0.25, 0.3) is 0 Å². The van der Waals surface area contributed by atoms with Gasteiger partial charge in [-0.25, -0.2) is 0 Å². The molecule has 0 saturated heterocycles. The topological polar surface area (TPSA) is 102 Å². The molecule has 2 N–H and O–H groups in total. The number of carbonyl (C=O) groups is 2. The van der Waals surface area contributed by atoms with Crippen LogP contribution in [0.4, 0.5) is 0 Å². The first-order valence-corrected chi connectivity index (χ1v) is 16.3. The van der Waals surface area contributed by atoms with Crippen LogP contribution in [0.3, 0.4) is 0 Å². The Morgan fingerprint density at radius 2 is 1.28 bits per heavy atom. The van der Waals surface area contributed by atoms with Crippen LogP contribution >= 0.6 is 0 Å². The zero-order valence-electron chi connectivity index (χ0n) is 16.9. The summed E-state index contributed by atoms with van der Waals surface area (Å²) in [6.45, 7) is 4.16. The van der Waals surface area contributed by atoms with Crippen molar-refractivity contribution < 1.29 is 15.9 Å². The van der Waals surface area contributed by atoms with Crippen LogP contribution in [0.15, 0.2) is 48.8 Å². The van der Waals surface area contributed by atoms with E-state index in [0.717, 1.165) is 25.7 Å². The standard InChI is InChI=1S/2C6H5N2O2.2C4H9.Sn/c2*9-6(8-10)5-3-1-2-4-7-5;2*1-3-4-2;/h2*1-4H,(H-,7,8,9,10);2*1,3-4H2,2H3;/q2*-1;;;+2. The first-order valence-electron chi connectivity index (χ1n) is 9.89. The third kappa shape index (κ3) is 7.71. The van der Waals surface area contributed by atoms with Crippen LogP contribution in [0.2, 0.25) is 8.87 Å². The summed E-state index contributed by atoms with van der Waals surface area (Å²) >= 11 is -3.85. The van der Waals surface area contributed by atoms with Crippen LogP contribution in [-0.4, -0.2) is 41.0 Å². The van der Waals surface area contributed by atoms with Crippen LogP contribution in [0.1, 0.15) is 60.5 Å². The molecule has 2 amide bonds. The molecule has 2 rings (SSSR count). The molecule has 0 aliphatic heterocycles. The number of hydroxylamine groups is 2. The minimum atomic E-state index is -3.85. The second-order valence-corrected chi connectivity index (χ2v) is 15.8. The van der Waals surface area contributed by atoms with Crippen molar-refractivity contribution in [3.05, 3.63) is 60.2 Å². The Labute approximate surface area is 176 Å². The number of aromatic nitrogens is 2. The number of rotatable bonds is 12. The zero-order chi connectivity index (χ0) is 21.0. The Hall–Kier alpha value is -2.04. The monoisotopic (exact) mass is 508 g/mol. The fourth-order valence-corrected chi connectivity index (χ4v) is 11.3. The summed E-state index contributed by atoms with van der Waals surface area (Å²) in [4.78, 5) is 32.8. The van der Waals surface area contributed by atoms with Crippen molar-refractivity contribution in [3.8, 4) is 0 Å². The molecule has 0 aliphatic rings. The van der Waals surface area contributed by atoms with Crippen molar-refractivity contribution >= 4 is 31.0 Å². The van der Waals surface area contributed by atoms with Gasteiger partial charge in [-0.2, -0.15) is 0 Å². The fraction of sp³-hybridized carbons (Fsp3) is 0.400. The molecule has 29 heavy (non-hydrogen) atoms. The molecule has 0 unspecified atom stereocenters. The summed E-state index contributed by atoms with van der Waals surface area (Å²) in [5.74, 6) is -0.862. The average molecular weight is 507 g/mol. The first-order chi connectivity index (χ1) is 14.1. The van der Waals surface area contributed by atoms with Gasteiger partial charge in [0.05, 0.1) is 0 Å². The number of unbranched alkanes of at least 4 members (excludes halogenated alkanes) is 2. The third-order valence-electron chi connectivity index (χ3n) is 4.28. The van der Waals surface area contributed by atoms with Gasteiger partial charge < -0.3 is 0 Å². The van der Waals surface area contributed by atoms with Gasteiger partial charge in [0.15, 0.2) is 0 Å². The summed E-state index contributed by atoms with van der Waals surface area (Å²) in [6.07, 6.45) is 6.78. The second kappa shape index (κ2) is 12.5. The summed E-state index contributed by atoms with van der Waals surface area (Å²) in [6, 6.07) is 10.2. The zero-order valence-corrected chi connectivity index (χ0v) is 19.7. The van der Waals surface area contributed by atoms with E-state index in [9.17, 15) is 9.59 Å². The predicted molar refractivity (Wildman–Crippen MR) is 111 cm³/mol. The van der Waals surface area contributed by atoms with Crippen LogP contribution < -0.4 is 11.0 Å². The Kier molecular flexibility index (Phi) is 10.0. The summed E-state index contributed by atoms with van der Waals surface area (Å²) in [5, 5.41) is 0. The van der Waals surface area contributed by atoms with Crippen molar-refractivity contribution in [2.75, 3.05) is 0 Å². The van der Waals surface area contributed by atoms with Gasteiger partial charge in [-0.15, -0.1) is 0 Å². The Balaban J connectivity index is 2.09. The van der Waals surface area contributed by atoms with Crippen LogP contribution in [0.5, 0.6) is 0 Å². The van der Waals surface area contributed by atoms with Gasteiger partial charge >= 0.3 is 176 Å². The molecule has 2 aromatic heterocycles. The molecule has 8 nitrogen and oxygen atoms in total. The van der Waals surface area contributed by atoms with Gasteiger partial charge in [-0.05, 0) is 0 Å². The molecule has 2 aromatic rings. The van der Waals surface area contributed by atoms with E-state index in [1.165, 1.54) is 0 Å². The molecule has 156 valence electrons. The quantitative estimate of drug-likeness (QED) is 0.337. The van der Waals surface area contributed by atoms with Gasteiger partial charge in [0.1, 0.15) is 0 Å². The SMILES string of the molecule is CCC[CH2][Sn]([CH2]CCC)([O]NC(=O)c1ccccn1)[O]NC(=O)c1ccccn1. The van der Waals surface area contributed by atoms with Crippen LogP contribution in [0.25, 0.3) is 0 Å². The summed E-state index contributed by atoms with van der Waals surface area (Å²) in [7, 11) is 0. The second-order valence-electron chi connectivity index (χ2n) is 6.61. The molecular formula is C20H28N4O4Sn. The van der Waals surface area contributed by atoms with Crippen LogP contribution in [-0.2, 0) is 6.35 Å². The number of pyridine rings is 2. The number of amides is 2. The van der Waals surface area contributed by atoms with E-state index in [-0.39, 0.29) is 11.4 Å². The molecule has 0 radical (unpaired) electrons. The summed E-state index contributed by atoms with van der Waals surface area (Å²) in [5.41, 5.74) is 5.56. The van der Waals surface area contributed by atoms with Crippen molar-refractivity contribution in [3.63, 3.8) is 0 Å². The van der Waals surface area contributed by atoms with E-state index in [1.807, 2.05) is 0 Å². The van der Waals surface area contributed by atoms with Crippen molar-refractivity contribution in [1.29, 1.82) is 0 Å². The van der Waals surface area contributed by atoms with E-state index in [4.69, 9.17) is 6.35 Å². The van der Waals surface area contributed by atoms with Gasteiger partial charge in [0.2, 0.25) is 0 Å². The average Bonchev–Trinajstić information content (AvgIpc) is 2.78. The molecule has 0 atom stereocenters. The molecule has 0 aromatic carbocycles. The predicted octanol–water partition coefficient (Wildman–Crippen LogP) is 3.54. The molecule has 0 saturated carbocycles. The van der Waals surface area contributed by atoms with Crippen molar-refractivity contribution in [1.82, 2.24) is 20.9 Å². The number of hydrogen-bond donors (Lipinski definition) is 2. The number of nitrogens with zero attached hydrogens (tertiary/aromatic N) is 2. The Morgan fingerprint density at radius 1 is 0.828 bits per heavy atom. The molecule has 0 bridgehead atoms. The third-order valence-corrected chi connectivity index (χ3v) is 13.3. The molecule has 0 aliphatic carbocycles. The Bertz CT molecular complexity index is 696. The molecule has 2 heterocycles. The minimum absolute atomic E-state index is 0.260. The molecule has 0 fully saturated rings. The normalized spacial score (nSPS) is 11.1. The molecular weight excluding hydrogens is 479 g/mol. The van der Waals surface area contributed by atoms with E-state index in [0.29, 0.717) is 8.87 Å². The molecule has 0 spiro atoms. The maximum absolute atomic E-state index is 12.4. The fourth-order valence-electron chi connectivity index (χ4n) is 2.62. The van der Waals surface area contributed by atoms with Crippen molar-refractivity contribution in [2.45, 2.75) is 48.4 Å². The van der Waals surface area contributed by atoms with Gasteiger partial charge in [-0.1, -0.05) is 0 Å². The Morgan fingerprint density at radius 3 is 1.62 bits per heavy atom. The first kappa shape index (κ1) is 23.2. The number of carbonyl (C=O) groups excluding carboxylic acids is 2. The van der Waals surface area contributed by atoms with E-state index in [1.54, 1.807) is 48.8 Å². The van der Waals surface area contributed by atoms with E-state index >= 15 is 0 Å². The van der Waals surface area contributed by atoms with E-state index < -0.39 is 31.0 Å². The number of nitrogens with one attached hydrogen (secondary N) is 2. The maximum atomic E-state index is 12.4. The molecule has 9 heteroatoms. The summed E-state index contributed by atoms with van der Waals surface area (Å²) < 4.78 is 13.3. The van der Waals surface area contributed by atoms with Gasteiger partial charge in [0, 0.05) is 0 Å². The van der Waals surface area contributed by atoms with Crippen LogP contribution in [0, 0.1) is 0 Å². The van der Waals surface area contributed by atoms with Gasteiger partial charge in [-0.3, -0.25) is 0 Å². The van der Waals surface area contributed by atoms with Crippen molar-refractivity contribution in [2.24, 2.45) is 0 Å². The number of hydrogen-bond acceptors (Lipinski definition) is 6. The van der Waals surface area contributed by atoms with E-state index in [2.05, 4.69) is 34.8 Å².